The third-order valence-corrected chi connectivity index (χ3v) is 8.84. The fourth-order valence-corrected chi connectivity index (χ4v) is 5.85. The van der Waals surface area contributed by atoms with E-state index in [1.165, 1.54) is 21.3 Å². The second-order valence-corrected chi connectivity index (χ2v) is 13.0. The molecule has 0 amide bonds. The zero-order chi connectivity index (χ0) is 42.7. The highest BCUT2D eigenvalue weighted by molar-refractivity contribution is 6.03. The number of carboxylic acid groups (broad SMARTS) is 1. The highest BCUT2D eigenvalue weighted by Gasteiger charge is 2.18. The van der Waals surface area contributed by atoms with E-state index in [-0.39, 0.29) is 11.3 Å². The van der Waals surface area contributed by atoms with Crippen LogP contribution in [0.1, 0.15) is 43.5 Å². The maximum Gasteiger partial charge on any atom is 0.349 e. The molecule has 0 aliphatic heterocycles. The van der Waals surface area contributed by atoms with Crippen molar-refractivity contribution in [3.8, 4) is 34.0 Å². The van der Waals surface area contributed by atoms with Gasteiger partial charge in [-0.05, 0) is 35.4 Å². The number of aromatic amines is 2. The molecule has 15 nitrogen and oxygen atoms in total. The minimum atomic E-state index is -1.32. The van der Waals surface area contributed by atoms with Gasteiger partial charge in [-0.1, -0.05) is 72.8 Å². The Bertz CT molecular complexity index is 2380. The first-order chi connectivity index (χ1) is 29.2. The number of aromatic nitrogens is 4. The number of nitrogens with zero attached hydrogens (tertiary/aromatic N) is 2. The number of aliphatic carboxylic acids is 1. The predicted octanol–water partition coefficient (Wildman–Crippen LogP) is 5.95. The van der Waals surface area contributed by atoms with Crippen molar-refractivity contribution in [2.45, 2.75) is 25.9 Å². The van der Waals surface area contributed by atoms with Crippen molar-refractivity contribution in [3.05, 3.63) is 156 Å². The lowest BCUT2D eigenvalue weighted by molar-refractivity contribution is -0.134. The summed E-state index contributed by atoms with van der Waals surface area (Å²) in [5, 5.41) is 15.2. The van der Waals surface area contributed by atoms with E-state index in [1.807, 2.05) is 79.1 Å². The molecule has 4 aromatic carbocycles. The van der Waals surface area contributed by atoms with Crippen LogP contribution in [0.4, 0.5) is 0 Å². The summed E-state index contributed by atoms with van der Waals surface area (Å²) < 4.78 is 19.8. The average molecular weight is 815 g/mol. The van der Waals surface area contributed by atoms with Gasteiger partial charge in [-0.15, -0.1) is 0 Å². The van der Waals surface area contributed by atoms with E-state index >= 15 is 0 Å². The van der Waals surface area contributed by atoms with Crippen LogP contribution < -0.4 is 20.1 Å². The van der Waals surface area contributed by atoms with Gasteiger partial charge in [0.2, 0.25) is 0 Å². The van der Waals surface area contributed by atoms with Crippen LogP contribution >= 0.6 is 0 Å². The summed E-state index contributed by atoms with van der Waals surface area (Å²) in [5.74, 6) is -1.20. The number of H-pyrrole nitrogens is 2. The molecule has 2 heterocycles. The van der Waals surface area contributed by atoms with Gasteiger partial charge in [0.25, 0.3) is 0 Å². The van der Waals surface area contributed by atoms with E-state index in [2.05, 4.69) is 35.3 Å². The third-order valence-electron chi connectivity index (χ3n) is 8.84. The minimum absolute atomic E-state index is 0.0624. The van der Waals surface area contributed by atoms with Gasteiger partial charge in [0.1, 0.15) is 34.3 Å². The number of carbonyl (C=O) groups is 4. The Morgan fingerprint density at radius 1 is 0.633 bits per heavy atom. The van der Waals surface area contributed by atoms with Gasteiger partial charge < -0.3 is 44.7 Å². The van der Waals surface area contributed by atoms with Crippen LogP contribution in [0, 0.1) is 0 Å². The van der Waals surface area contributed by atoms with Gasteiger partial charge in [0, 0.05) is 74.7 Å². The fraction of sp³-hybridized carbons (Fsp3) is 0.200. The molecule has 0 atom stereocenters. The normalized spacial score (nSPS) is 10.7. The molecule has 0 saturated heterocycles. The Morgan fingerprint density at radius 2 is 1.10 bits per heavy atom. The van der Waals surface area contributed by atoms with Gasteiger partial charge >= 0.3 is 23.9 Å². The Kier molecular flexibility index (Phi) is 16.4. The lowest BCUT2D eigenvalue weighted by Crippen LogP contribution is -2.18. The molecular formula is C45H46N6O9. The Hall–Kier alpha value is -7.36. The van der Waals surface area contributed by atoms with Crippen molar-refractivity contribution in [1.82, 2.24) is 30.6 Å². The molecule has 0 bridgehead atoms. The summed E-state index contributed by atoms with van der Waals surface area (Å²) in [6, 6.07) is 30.4. The van der Waals surface area contributed by atoms with Crippen LogP contribution in [0.25, 0.3) is 22.5 Å². The number of nitrogens with one attached hydrogen (secondary N) is 4. The molecule has 0 saturated carbocycles. The quantitative estimate of drug-likeness (QED) is 0.0295. The summed E-state index contributed by atoms with van der Waals surface area (Å²) in [5.41, 5.74) is 6.23. The van der Waals surface area contributed by atoms with Crippen molar-refractivity contribution in [3.63, 3.8) is 0 Å². The van der Waals surface area contributed by atoms with Crippen LogP contribution in [0.15, 0.2) is 122 Å². The maximum absolute atomic E-state index is 12.3. The molecule has 2 aromatic heterocycles. The molecule has 15 heteroatoms. The number of benzene rings is 4. The molecule has 6 aromatic rings. The number of esters is 3. The van der Waals surface area contributed by atoms with Gasteiger partial charge in [-0.25, -0.2) is 29.1 Å². The van der Waals surface area contributed by atoms with E-state index in [1.54, 1.807) is 30.3 Å². The molecule has 0 fully saturated rings. The average Bonchev–Trinajstić information content (AvgIpc) is 3.97. The Balaban J connectivity index is 0.000000232. The van der Waals surface area contributed by atoms with Gasteiger partial charge in [0.15, 0.2) is 0 Å². The van der Waals surface area contributed by atoms with E-state index < -0.39 is 23.9 Å². The highest BCUT2D eigenvalue weighted by Crippen LogP contribution is 2.23. The van der Waals surface area contributed by atoms with Gasteiger partial charge in [0.05, 0.1) is 32.7 Å². The smallest absolute Gasteiger partial charge is 0.349 e. The van der Waals surface area contributed by atoms with Crippen LogP contribution in [0.5, 0.6) is 11.5 Å². The first-order valence-electron chi connectivity index (χ1n) is 18.9. The summed E-state index contributed by atoms with van der Waals surface area (Å²) in [4.78, 5) is 61.9. The van der Waals surface area contributed by atoms with Crippen LogP contribution in [-0.4, -0.2) is 83.3 Å². The lowest BCUT2D eigenvalue weighted by Gasteiger charge is -2.10. The molecule has 310 valence electrons. The molecular weight excluding hydrogens is 769 g/mol. The van der Waals surface area contributed by atoms with E-state index in [0.717, 1.165) is 58.3 Å². The fourth-order valence-electron chi connectivity index (χ4n) is 5.85. The summed E-state index contributed by atoms with van der Waals surface area (Å²) >= 11 is 0. The van der Waals surface area contributed by atoms with Crippen molar-refractivity contribution in [1.29, 1.82) is 0 Å². The summed E-state index contributed by atoms with van der Waals surface area (Å²) in [6.45, 7) is 2.51. The van der Waals surface area contributed by atoms with E-state index in [0.29, 0.717) is 49.5 Å². The standard InChI is InChI=1S/C24H23N3O6.C21H23N3O3/c1-32-20-8-7-16(13-18(20)24(31)33-23(30)10-9-22(28)29)14-25-12-11-21-26-15-19(27-21)17-5-3-2-4-6-17;1-26-19-9-8-15(12-17(19)21(25)27-2)13-22-11-10-20-23-14-18(24-20)16-6-4-3-5-7-16/h2-10,13,15,25H,11-12,14H2,1H3,(H,26,27)(H,28,29);3-9,12,14,22H,10-11,13H2,1-2H3,(H,23,24)/b10-9-;. The molecule has 0 spiro atoms. The SMILES string of the molecule is COC(=O)c1cc(CNCCc2nc(-c3ccccc3)c[nH]2)ccc1OC.COc1ccc(CNCCc2nc(-c3ccccc3)c[nH]2)cc1C(=O)OC(=O)/C=C\C(=O)O. The topological polar surface area (TPSA) is 207 Å². The number of imidazole rings is 2. The summed E-state index contributed by atoms with van der Waals surface area (Å²) in [6.07, 6.45) is 6.52. The van der Waals surface area contributed by atoms with E-state index in [9.17, 15) is 19.2 Å². The number of hydrogen-bond donors (Lipinski definition) is 5. The Morgan fingerprint density at radius 3 is 1.53 bits per heavy atom. The van der Waals surface area contributed by atoms with Crippen molar-refractivity contribution in [2.24, 2.45) is 0 Å². The molecule has 0 aliphatic carbocycles. The molecule has 6 rings (SSSR count). The van der Waals surface area contributed by atoms with Gasteiger partial charge in [-0.2, -0.15) is 0 Å². The largest absolute Gasteiger partial charge is 0.496 e. The Labute approximate surface area is 346 Å². The zero-order valence-corrected chi connectivity index (χ0v) is 33.4. The second kappa shape index (κ2) is 22.5. The molecule has 0 unspecified atom stereocenters. The first-order valence-corrected chi connectivity index (χ1v) is 18.9. The van der Waals surface area contributed by atoms with Crippen LogP contribution in [0.3, 0.4) is 0 Å². The third kappa shape index (κ3) is 13.1. The van der Waals surface area contributed by atoms with Crippen LogP contribution in [-0.2, 0) is 45.0 Å². The predicted molar refractivity (Wildman–Crippen MR) is 223 cm³/mol. The van der Waals surface area contributed by atoms with Crippen molar-refractivity contribution >= 4 is 23.9 Å². The highest BCUT2D eigenvalue weighted by atomic mass is 16.6. The number of methoxy groups -OCH3 is 3. The number of rotatable bonds is 18. The number of hydrogen-bond acceptors (Lipinski definition) is 12. The molecule has 0 aliphatic rings. The lowest BCUT2D eigenvalue weighted by atomic mass is 10.1. The first kappa shape index (κ1) is 43.8. The zero-order valence-electron chi connectivity index (χ0n) is 33.4. The number of carbonyl (C=O) groups excluding carboxylic acids is 3. The van der Waals surface area contributed by atoms with Crippen molar-refractivity contribution < 1.29 is 43.2 Å². The number of carboxylic acids is 1. The van der Waals surface area contributed by atoms with Crippen LogP contribution in [0.2, 0.25) is 0 Å². The maximum atomic E-state index is 12.3. The summed E-state index contributed by atoms with van der Waals surface area (Å²) in [7, 11) is 4.29. The van der Waals surface area contributed by atoms with Crippen molar-refractivity contribution in [2.75, 3.05) is 34.4 Å². The molecule has 60 heavy (non-hydrogen) atoms. The van der Waals surface area contributed by atoms with E-state index in [4.69, 9.17) is 19.3 Å². The second-order valence-electron chi connectivity index (χ2n) is 13.0. The minimum Gasteiger partial charge on any atom is -0.496 e. The number of ether oxygens (including phenoxy) is 4. The van der Waals surface area contributed by atoms with Gasteiger partial charge in [-0.3, -0.25) is 0 Å². The molecule has 5 N–H and O–H groups in total. The molecule has 0 radical (unpaired) electrons. The monoisotopic (exact) mass is 814 g/mol.